The van der Waals surface area contributed by atoms with Crippen molar-refractivity contribution in [1.82, 2.24) is 0 Å². The number of rotatable bonds is 7. The first-order valence-corrected chi connectivity index (χ1v) is 9.74. The Labute approximate surface area is 163 Å². The molecule has 3 heteroatoms. The fourth-order valence-corrected chi connectivity index (χ4v) is 4.42. The molecule has 0 spiro atoms. The zero-order chi connectivity index (χ0) is 18.4. The minimum Gasteiger partial charge on any atom is -0.497 e. The minimum absolute atomic E-state index is 0.0863. The van der Waals surface area contributed by atoms with Crippen molar-refractivity contribution in [2.24, 2.45) is 0 Å². The summed E-state index contributed by atoms with van der Waals surface area (Å²) in [5, 5.41) is 0.761. The molecular weight excluding hydrogens is 388 g/mol. The molecule has 0 amide bonds. The van der Waals surface area contributed by atoms with Crippen molar-refractivity contribution in [2.45, 2.75) is 11.5 Å². The molecule has 1 atom stereocenters. The zero-order valence-corrected chi connectivity index (χ0v) is 16.6. The van der Waals surface area contributed by atoms with E-state index in [0.717, 1.165) is 22.2 Å². The van der Waals surface area contributed by atoms with Crippen molar-refractivity contribution in [3.05, 3.63) is 102 Å². The zero-order valence-electron chi connectivity index (χ0n) is 15.1. The fraction of sp³-hybridized carbons (Fsp3) is 0.217. The summed E-state index contributed by atoms with van der Waals surface area (Å²) in [4.78, 5) is 0. The van der Waals surface area contributed by atoms with E-state index in [1.807, 2.05) is 24.3 Å². The van der Waals surface area contributed by atoms with Crippen LogP contribution in [0.5, 0.6) is 5.75 Å². The number of methoxy groups -OCH3 is 2. The highest BCUT2D eigenvalue weighted by atomic mass is 79.9. The molecule has 0 radical (unpaired) electrons. The highest BCUT2D eigenvalue weighted by Gasteiger charge is 2.42. The van der Waals surface area contributed by atoms with Gasteiger partial charge in [-0.25, -0.2) is 0 Å². The average Bonchev–Trinajstić information content (AvgIpc) is 2.73. The molecule has 3 aromatic carbocycles. The molecule has 0 aromatic heterocycles. The van der Waals surface area contributed by atoms with Crippen LogP contribution in [0.25, 0.3) is 0 Å². The molecule has 0 aliphatic carbocycles. The van der Waals surface area contributed by atoms with Crippen molar-refractivity contribution < 1.29 is 9.47 Å². The lowest BCUT2D eigenvalue weighted by Crippen LogP contribution is -2.38. The highest BCUT2D eigenvalue weighted by molar-refractivity contribution is 9.09. The van der Waals surface area contributed by atoms with Crippen LogP contribution < -0.4 is 4.74 Å². The average molecular weight is 411 g/mol. The lowest BCUT2D eigenvalue weighted by Gasteiger charge is -2.40. The highest BCUT2D eigenvalue weighted by Crippen LogP contribution is 2.46. The first-order chi connectivity index (χ1) is 12.8. The first kappa shape index (κ1) is 18.7. The fourth-order valence-electron chi connectivity index (χ4n) is 3.59. The Morgan fingerprint density at radius 1 is 0.769 bits per heavy atom. The summed E-state index contributed by atoms with van der Waals surface area (Å²) in [5.74, 6) is 0.938. The summed E-state index contributed by atoms with van der Waals surface area (Å²) >= 11 is 3.75. The molecule has 0 fully saturated rings. The van der Waals surface area contributed by atoms with Crippen molar-refractivity contribution in [1.29, 1.82) is 0 Å². The quantitative estimate of drug-likeness (QED) is 0.460. The molecular formula is C23H23BrO2. The third-order valence-electron chi connectivity index (χ3n) is 4.89. The monoisotopic (exact) mass is 410 g/mol. The molecule has 2 nitrogen and oxygen atoms in total. The van der Waals surface area contributed by atoms with E-state index in [4.69, 9.17) is 9.47 Å². The second-order valence-corrected chi connectivity index (χ2v) is 6.80. The Bertz CT molecular complexity index is 761. The third-order valence-corrected chi connectivity index (χ3v) is 5.54. The smallest absolute Gasteiger partial charge is 0.125 e. The Morgan fingerprint density at radius 3 is 1.65 bits per heavy atom. The lowest BCUT2D eigenvalue weighted by molar-refractivity contribution is 0.00345. The third kappa shape index (κ3) is 3.42. The van der Waals surface area contributed by atoms with Crippen LogP contribution in [-0.4, -0.2) is 19.5 Å². The van der Waals surface area contributed by atoms with E-state index < -0.39 is 5.60 Å². The maximum atomic E-state index is 6.31. The van der Waals surface area contributed by atoms with Gasteiger partial charge in [0.25, 0.3) is 0 Å². The van der Waals surface area contributed by atoms with Gasteiger partial charge in [-0.15, -0.1) is 0 Å². The van der Waals surface area contributed by atoms with Crippen molar-refractivity contribution in [2.75, 3.05) is 19.5 Å². The molecule has 0 aliphatic heterocycles. The van der Waals surface area contributed by atoms with Gasteiger partial charge in [0.2, 0.25) is 0 Å². The van der Waals surface area contributed by atoms with E-state index in [1.54, 1.807) is 14.2 Å². The van der Waals surface area contributed by atoms with Crippen molar-refractivity contribution >= 4 is 15.9 Å². The number of hydrogen-bond acceptors (Lipinski definition) is 2. The van der Waals surface area contributed by atoms with E-state index in [2.05, 4.69) is 76.6 Å². The van der Waals surface area contributed by atoms with E-state index in [9.17, 15) is 0 Å². The SMILES string of the molecule is COc1ccc(C(CBr)C(OC)(c2ccccc2)c2ccccc2)cc1. The van der Waals surface area contributed by atoms with Gasteiger partial charge < -0.3 is 9.47 Å². The van der Waals surface area contributed by atoms with Gasteiger partial charge in [-0.3, -0.25) is 0 Å². The number of ether oxygens (including phenoxy) is 2. The van der Waals surface area contributed by atoms with Gasteiger partial charge in [0.05, 0.1) is 7.11 Å². The topological polar surface area (TPSA) is 18.5 Å². The molecule has 0 aliphatic rings. The Morgan fingerprint density at radius 2 is 1.27 bits per heavy atom. The molecule has 0 saturated carbocycles. The Balaban J connectivity index is 2.20. The van der Waals surface area contributed by atoms with Crippen LogP contribution in [0.4, 0.5) is 0 Å². The van der Waals surface area contributed by atoms with E-state index >= 15 is 0 Å². The maximum absolute atomic E-state index is 6.31. The summed E-state index contributed by atoms with van der Waals surface area (Å²) < 4.78 is 11.6. The summed E-state index contributed by atoms with van der Waals surface area (Å²) in [7, 11) is 3.48. The second-order valence-electron chi connectivity index (χ2n) is 6.15. The number of alkyl halides is 1. The van der Waals surface area contributed by atoms with Crippen molar-refractivity contribution in [3.63, 3.8) is 0 Å². The van der Waals surface area contributed by atoms with Crippen LogP contribution in [0.1, 0.15) is 22.6 Å². The standard InChI is InChI=1S/C23H23BrO2/c1-25-21-15-13-18(14-16-21)22(17-24)23(26-2,19-9-5-3-6-10-19)20-11-7-4-8-12-20/h3-16,22H,17H2,1-2H3. The number of halogens is 1. The normalized spacial score (nSPS) is 12.6. The first-order valence-electron chi connectivity index (χ1n) is 8.62. The van der Waals surface area contributed by atoms with Crippen LogP contribution in [0.15, 0.2) is 84.9 Å². The minimum atomic E-state index is -0.597. The number of hydrogen-bond donors (Lipinski definition) is 0. The van der Waals surface area contributed by atoms with Crippen LogP contribution in [-0.2, 0) is 10.3 Å². The predicted molar refractivity (Wildman–Crippen MR) is 110 cm³/mol. The molecule has 3 aromatic rings. The molecule has 3 rings (SSSR count). The molecule has 0 saturated heterocycles. The van der Waals surface area contributed by atoms with E-state index in [1.165, 1.54) is 5.56 Å². The van der Waals surface area contributed by atoms with Gasteiger partial charge in [0.1, 0.15) is 11.4 Å². The second kappa shape index (κ2) is 8.52. The van der Waals surface area contributed by atoms with E-state index in [-0.39, 0.29) is 5.92 Å². The summed E-state index contributed by atoms with van der Waals surface area (Å²) in [6.07, 6.45) is 0. The van der Waals surface area contributed by atoms with Crippen LogP contribution >= 0.6 is 15.9 Å². The van der Waals surface area contributed by atoms with Gasteiger partial charge >= 0.3 is 0 Å². The number of benzene rings is 3. The molecule has 26 heavy (non-hydrogen) atoms. The maximum Gasteiger partial charge on any atom is 0.125 e. The van der Waals surface area contributed by atoms with Gasteiger partial charge in [-0.2, -0.15) is 0 Å². The van der Waals surface area contributed by atoms with Crippen LogP contribution in [0, 0.1) is 0 Å². The lowest BCUT2D eigenvalue weighted by atomic mass is 9.73. The molecule has 0 heterocycles. The van der Waals surface area contributed by atoms with Gasteiger partial charge in [-0.1, -0.05) is 88.7 Å². The Hall–Kier alpha value is -2.10. The van der Waals surface area contributed by atoms with Crippen molar-refractivity contribution in [3.8, 4) is 5.75 Å². The summed E-state index contributed by atoms with van der Waals surface area (Å²) in [5.41, 5.74) is 2.86. The molecule has 0 bridgehead atoms. The Kier molecular flexibility index (Phi) is 6.12. The molecule has 1 unspecified atom stereocenters. The summed E-state index contributed by atoms with van der Waals surface area (Å²) in [6.45, 7) is 0. The summed E-state index contributed by atoms with van der Waals surface area (Å²) in [6, 6.07) is 29.1. The molecule has 0 N–H and O–H groups in total. The van der Waals surface area contributed by atoms with Crippen LogP contribution in [0.2, 0.25) is 0 Å². The van der Waals surface area contributed by atoms with Gasteiger partial charge in [0.15, 0.2) is 0 Å². The predicted octanol–water partition coefficient (Wildman–Crippen LogP) is 5.76. The molecule has 134 valence electrons. The van der Waals surface area contributed by atoms with Gasteiger partial charge in [-0.05, 0) is 28.8 Å². The van der Waals surface area contributed by atoms with Crippen LogP contribution in [0.3, 0.4) is 0 Å². The van der Waals surface area contributed by atoms with Gasteiger partial charge in [0, 0.05) is 18.4 Å². The van der Waals surface area contributed by atoms with E-state index in [0.29, 0.717) is 0 Å². The largest absolute Gasteiger partial charge is 0.497 e.